The van der Waals surface area contributed by atoms with E-state index in [-0.39, 0.29) is 12.1 Å². The number of hydrogen-bond acceptors (Lipinski definition) is 4. The van der Waals surface area contributed by atoms with Crippen molar-refractivity contribution in [2.75, 3.05) is 16.0 Å². The maximum atomic E-state index is 12.3. The first-order valence-electron chi connectivity index (χ1n) is 11.1. The standard InChI is InChI=1S/C26H26N6O/c1-18-12-21(15-27-14-18)29-25-9-5-6-19-10-11-23(13-24(19)25)32-17-22(16-28-32)31-26(33)30-20-7-3-2-4-8-20/h2-4,7-8,10-17,25,29H,5-6,9H2,1H3,(H2,30,31,33). The summed E-state index contributed by atoms with van der Waals surface area (Å²) in [7, 11) is 0. The Hall–Kier alpha value is -4.13. The fraction of sp³-hybridized carbons (Fsp3) is 0.192. The third kappa shape index (κ3) is 4.87. The molecule has 166 valence electrons. The summed E-state index contributed by atoms with van der Waals surface area (Å²) in [4.78, 5) is 16.6. The predicted octanol–water partition coefficient (Wildman–Crippen LogP) is 5.71. The van der Waals surface area contributed by atoms with Crippen molar-refractivity contribution in [3.63, 3.8) is 0 Å². The van der Waals surface area contributed by atoms with Crippen molar-refractivity contribution < 1.29 is 4.79 Å². The van der Waals surface area contributed by atoms with Gasteiger partial charge in [-0.1, -0.05) is 24.3 Å². The zero-order chi connectivity index (χ0) is 22.6. The lowest BCUT2D eigenvalue weighted by Gasteiger charge is -2.28. The maximum Gasteiger partial charge on any atom is 0.323 e. The zero-order valence-corrected chi connectivity index (χ0v) is 18.5. The number of amides is 2. The van der Waals surface area contributed by atoms with Gasteiger partial charge in [-0.2, -0.15) is 5.10 Å². The van der Waals surface area contributed by atoms with Crippen molar-refractivity contribution in [1.29, 1.82) is 0 Å². The molecule has 0 radical (unpaired) electrons. The van der Waals surface area contributed by atoms with Gasteiger partial charge in [0.05, 0.1) is 35.5 Å². The molecule has 0 bridgehead atoms. The van der Waals surface area contributed by atoms with E-state index in [9.17, 15) is 4.79 Å². The summed E-state index contributed by atoms with van der Waals surface area (Å²) in [5, 5.41) is 13.8. The minimum atomic E-state index is -0.304. The number of carbonyl (C=O) groups excluding carboxylic acids is 1. The average Bonchev–Trinajstić information content (AvgIpc) is 3.28. The number of hydrogen-bond donors (Lipinski definition) is 3. The number of anilines is 3. The van der Waals surface area contributed by atoms with Crippen LogP contribution in [0.3, 0.4) is 0 Å². The molecule has 1 unspecified atom stereocenters. The number of fused-ring (bicyclic) bond motifs is 1. The van der Waals surface area contributed by atoms with Gasteiger partial charge in [0, 0.05) is 18.1 Å². The highest BCUT2D eigenvalue weighted by Crippen LogP contribution is 2.34. The Balaban J connectivity index is 1.32. The summed E-state index contributed by atoms with van der Waals surface area (Å²) in [5.41, 5.74) is 7.14. The Morgan fingerprint density at radius 3 is 2.67 bits per heavy atom. The largest absolute Gasteiger partial charge is 0.377 e. The SMILES string of the molecule is Cc1cncc(NC2CCCc3ccc(-n4cc(NC(=O)Nc5ccccc5)cn4)cc32)c1. The number of para-hydroxylation sites is 1. The van der Waals surface area contributed by atoms with Crippen LogP contribution in [0.4, 0.5) is 21.9 Å². The number of urea groups is 1. The summed E-state index contributed by atoms with van der Waals surface area (Å²) in [6, 6.07) is 17.8. The van der Waals surface area contributed by atoms with Gasteiger partial charge in [-0.25, -0.2) is 9.48 Å². The van der Waals surface area contributed by atoms with Gasteiger partial charge < -0.3 is 16.0 Å². The third-order valence-electron chi connectivity index (χ3n) is 5.80. The molecule has 1 aliphatic carbocycles. The smallest absolute Gasteiger partial charge is 0.323 e. The van der Waals surface area contributed by atoms with E-state index >= 15 is 0 Å². The monoisotopic (exact) mass is 438 g/mol. The average molecular weight is 439 g/mol. The maximum absolute atomic E-state index is 12.3. The van der Waals surface area contributed by atoms with Crippen LogP contribution >= 0.6 is 0 Å². The molecule has 2 aromatic heterocycles. The molecule has 5 rings (SSSR count). The van der Waals surface area contributed by atoms with Gasteiger partial charge in [-0.15, -0.1) is 0 Å². The van der Waals surface area contributed by atoms with E-state index in [1.54, 1.807) is 10.9 Å². The van der Waals surface area contributed by atoms with Gasteiger partial charge in [0.2, 0.25) is 0 Å². The van der Waals surface area contributed by atoms with E-state index in [1.807, 2.05) is 48.9 Å². The van der Waals surface area contributed by atoms with E-state index in [2.05, 4.69) is 57.2 Å². The molecule has 1 atom stereocenters. The summed E-state index contributed by atoms with van der Waals surface area (Å²) in [6.07, 6.45) is 10.5. The predicted molar refractivity (Wildman–Crippen MR) is 131 cm³/mol. The second-order valence-corrected chi connectivity index (χ2v) is 8.34. The molecule has 0 spiro atoms. The quantitative estimate of drug-likeness (QED) is 0.373. The number of pyridine rings is 1. The van der Waals surface area contributed by atoms with Gasteiger partial charge in [0.1, 0.15) is 0 Å². The summed E-state index contributed by atoms with van der Waals surface area (Å²) in [6.45, 7) is 2.05. The first-order chi connectivity index (χ1) is 16.1. The van der Waals surface area contributed by atoms with Gasteiger partial charge in [-0.05, 0) is 73.2 Å². The summed E-state index contributed by atoms with van der Waals surface area (Å²) < 4.78 is 1.79. The molecule has 0 saturated carbocycles. The van der Waals surface area contributed by atoms with Crippen molar-refractivity contribution in [2.24, 2.45) is 0 Å². The third-order valence-corrected chi connectivity index (χ3v) is 5.80. The second kappa shape index (κ2) is 9.16. The highest BCUT2D eigenvalue weighted by Gasteiger charge is 2.21. The molecule has 2 aromatic carbocycles. The van der Waals surface area contributed by atoms with Crippen LogP contribution in [0.25, 0.3) is 5.69 Å². The molecule has 2 heterocycles. The lowest BCUT2D eigenvalue weighted by Crippen LogP contribution is -2.19. The fourth-order valence-corrected chi connectivity index (χ4v) is 4.26. The van der Waals surface area contributed by atoms with Crippen LogP contribution < -0.4 is 16.0 Å². The molecular formula is C26H26N6O. The molecule has 7 nitrogen and oxygen atoms in total. The number of rotatable bonds is 5. The highest BCUT2D eigenvalue weighted by molar-refractivity contribution is 5.99. The van der Waals surface area contributed by atoms with Crippen LogP contribution in [0.5, 0.6) is 0 Å². The van der Waals surface area contributed by atoms with Crippen molar-refractivity contribution in [3.05, 3.63) is 96.1 Å². The lowest BCUT2D eigenvalue weighted by atomic mass is 9.87. The van der Waals surface area contributed by atoms with Gasteiger partial charge in [0.15, 0.2) is 0 Å². The minimum absolute atomic E-state index is 0.224. The van der Waals surface area contributed by atoms with E-state index in [4.69, 9.17) is 0 Å². The van der Waals surface area contributed by atoms with Crippen LogP contribution in [0.2, 0.25) is 0 Å². The lowest BCUT2D eigenvalue weighted by molar-refractivity contribution is 0.262. The van der Waals surface area contributed by atoms with Crippen molar-refractivity contribution >= 4 is 23.1 Å². The highest BCUT2D eigenvalue weighted by atomic mass is 16.2. The Labute approximate surface area is 192 Å². The van der Waals surface area contributed by atoms with Crippen molar-refractivity contribution in [1.82, 2.24) is 14.8 Å². The van der Waals surface area contributed by atoms with E-state index in [1.165, 1.54) is 11.1 Å². The molecule has 4 aromatic rings. The number of aryl methyl sites for hydroxylation is 2. The van der Waals surface area contributed by atoms with E-state index < -0.39 is 0 Å². The number of nitrogens with zero attached hydrogens (tertiary/aromatic N) is 3. The molecule has 0 fully saturated rings. The number of carbonyl (C=O) groups is 1. The molecule has 1 aliphatic rings. The summed E-state index contributed by atoms with van der Waals surface area (Å²) in [5.74, 6) is 0. The molecule has 0 saturated heterocycles. The second-order valence-electron chi connectivity index (χ2n) is 8.34. The van der Waals surface area contributed by atoms with Crippen LogP contribution in [0.1, 0.15) is 35.6 Å². The van der Waals surface area contributed by atoms with Crippen molar-refractivity contribution in [2.45, 2.75) is 32.2 Å². The Kier molecular flexibility index (Phi) is 5.76. The van der Waals surface area contributed by atoms with Gasteiger partial charge in [-0.3, -0.25) is 4.98 Å². The van der Waals surface area contributed by atoms with Crippen LogP contribution in [-0.2, 0) is 6.42 Å². The summed E-state index contributed by atoms with van der Waals surface area (Å²) >= 11 is 0. The van der Waals surface area contributed by atoms with E-state index in [0.717, 1.165) is 41.9 Å². The molecule has 7 heteroatoms. The molecule has 2 amide bonds. The number of nitrogens with one attached hydrogen (secondary N) is 3. The first kappa shape index (κ1) is 20.8. The fourth-order valence-electron chi connectivity index (χ4n) is 4.26. The Morgan fingerprint density at radius 1 is 0.970 bits per heavy atom. The first-order valence-corrected chi connectivity index (χ1v) is 11.1. The number of benzene rings is 2. The Bertz CT molecular complexity index is 1270. The molecule has 0 aliphatic heterocycles. The normalized spacial score (nSPS) is 14.9. The van der Waals surface area contributed by atoms with Crippen molar-refractivity contribution in [3.8, 4) is 5.69 Å². The molecule has 3 N–H and O–H groups in total. The van der Waals surface area contributed by atoms with Gasteiger partial charge in [0.25, 0.3) is 0 Å². The van der Waals surface area contributed by atoms with E-state index in [0.29, 0.717) is 5.69 Å². The zero-order valence-electron chi connectivity index (χ0n) is 18.5. The number of aromatic nitrogens is 3. The molecule has 33 heavy (non-hydrogen) atoms. The van der Waals surface area contributed by atoms with Crippen LogP contribution in [0, 0.1) is 6.92 Å². The topological polar surface area (TPSA) is 83.9 Å². The minimum Gasteiger partial charge on any atom is -0.377 e. The molecular weight excluding hydrogens is 412 g/mol. The van der Waals surface area contributed by atoms with Crippen LogP contribution in [-0.4, -0.2) is 20.8 Å². The Morgan fingerprint density at radius 2 is 1.82 bits per heavy atom. The van der Waals surface area contributed by atoms with Gasteiger partial charge >= 0.3 is 6.03 Å². The van der Waals surface area contributed by atoms with Crippen LogP contribution in [0.15, 0.2) is 79.4 Å².